The number of hydrogen-bond donors (Lipinski definition) is 1. The number of nitrogens with zero attached hydrogens (tertiary/aromatic N) is 4. The van der Waals surface area contributed by atoms with E-state index in [1.807, 2.05) is 26.8 Å². The lowest BCUT2D eigenvalue weighted by atomic mass is 10.1. The lowest BCUT2D eigenvalue weighted by Gasteiger charge is -2.24. The Hall–Kier alpha value is -2.24. The molecule has 1 aromatic heterocycles. The summed E-state index contributed by atoms with van der Waals surface area (Å²) in [7, 11) is -4.00. The van der Waals surface area contributed by atoms with Crippen molar-refractivity contribution in [3.63, 3.8) is 0 Å². The summed E-state index contributed by atoms with van der Waals surface area (Å²) in [5, 5.41) is 21.5. The Labute approximate surface area is 123 Å². The Morgan fingerprint density at radius 3 is 2.48 bits per heavy atom. The zero-order valence-corrected chi connectivity index (χ0v) is 12.7. The first kappa shape index (κ1) is 15.2. The van der Waals surface area contributed by atoms with Crippen LogP contribution in [0, 0.1) is 11.3 Å². The van der Waals surface area contributed by atoms with Gasteiger partial charge >= 0.3 is 0 Å². The topological polar surface area (TPSA) is 115 Å². The Balaban J connectivity index is 2.77. The molecule has 0 aliphatic carbocycles. The minimum absolute atomic E-state index is 0.299. The zero-order chi connectivity index (χ0) is 15.8. The van der Waals surface area contributed by atoms with Crippen LogP contribution in [0.5, 0.6) is 0 Å². The molecule has 0 bridgehead atoms. The molecular formula is C13H15N5O2S. The van der Waals surface area contributed by atoms with Gasteiger partial charge < -0.3 is 0 Å². The molecule has 7 nitrogen and oxygen atoms in total. The van der Waals surface area contributed by atoms with Crippen LogP contribution < -0.4 is 5.14 Å². The maximum absolute atomic E-state index is 11.7. The second-order valence-corrected chi connectivity index (χ2v) is 7.01. The molecule has 1 heterocycles. The fourth-order valence-electron chi connectivity index (χ4n) is 1.97. The highest BCUT2D eigenvalue weighted by atomic mass is 32.2. The molecule has 2 N–H and O–H groups in total. The molecule has 110 valence electrons. The van der Waals surface area contributed by atoms with Crippen LogP contribution in [0.1, 0.15) is 26.3 Å². The van der Waals surface area contributed by atoms with Crippen LogP contribution in [-0.2, 0) is 15.6 Å². The highest BCUT2D eigenvalue weighted by Gasteiger charge is 2.29. The van der Waals surface area contributed by atoms with E-state index in [-0.39, 0.29) is 5.16 Å². The smallest absolute Gasteiger partial charge is 0.273 e. The molecule has 0 unspecified atom stereocenters. The number of hydrogen-bond acceptors (Lipinski definition) is 5. The molecular weight excluding hydrogens is 290 g/mol. The first-order valence-electron chi connectivity index (χ1n) is 6.14. The van der Waals surface area contributed by atoms with Crippen LogP contribution in [0.3, 0.4) is 0 Å². The van der Waals surface area contributed by atoms with Gasteiger partial charge in [-0.2, -0.15) is 5.26 Å². The summed E-state index contributed by atoms with van der Waals surface area (Å²) in [6.45, 7) is 5.47. The van der Waals surface area contributed by atoms with Gasteiger partial charge in [0.2, 0.25) is 0 Å². The molecule has 0 saturated heterocycles. The van der Waals surface area contributed by atoms with Crippen molar-refractivity contribution in [2.45, 2.75) is 31.5 Å². The predicted octanol–water partition coefficient (Wildman–Crippen LogP) is 1.22. The van der Waals surface area contributed by atoms with Crippen LogP contribution >= 0.6 is 0 Å². The van der Waals surface area contributed by atoms with Crippen molar-refractivity contribution in [1.29, 1.82) is 5.26 Å². The average molecular weight is 305 g/mol. The Morgan fingerprint density at radius 2 is 1.95 bits per heavy atom. The summed E-state index contributed by atoms with van der Waals surface area (Å²) in [6.07, 6.45) is 0. The molecule has 2 rings (SSSR count). The molecule has 0 saturated carbocycles. The van der Waals surface area contributed by atoms with Crippen molar-refractivity contribution < 1.29 is 8.42 Å². The molecule has 8 heteroatoms. The minimum atomic E-state index is -4.00. The SMILES string of the molecule is CC(C)(C)n1c(-c2cccc(C#N)c2)nnc1S(N)(=O)=O. The summed E-state index contributed by atoms with van der Waals surface area (Å²) in [4.78, 5) is 0. The van der Waals surface area contributed by atoms with Crippen molar-refractivity contribution in [3.8, 4) is 17.5 Å². The van der Waals surface area contributed by atoms with E-state index >= 15 is 0 Å². The maximum atomic E-state index is 11.7. The van der Waals surface area contributed by atoms with E-state index in [2.05, 4.69) is 10.2 Å². The van der Waals surface area contributed by atoms with Crippen LogP contribution in [0.15, 0.2) is 29.4 Å². The van der Waals surface area contributed by atoms with Gasteiger partial charge in [0.25, 0.3) is 15.2 Å². The summed E-state index contributed by atoms with van der Waals surface area (Å²) >= 11 is 0. The predicted molar refractivity (Wildman–Crippen MR) is 76.5 cm³/mol. The van der Waals surface area contributed by atoms with E-state index in [4.69, 9.17) is 10.4 Å². The van der Waals surface area contributed by atoms with Gasteiger partial charge in [0, 0.05) is 11.1 Å². The third kappa shape index (κ3) is 2.94. The van der Waals surface area contributed by atoms with E-state index < -0.39 is 15.6 Å². The third-order valence-electron chi connectivity index (χ3n) is 2.81. The molecule has 0 radical (unpaired) electrons. The van der Waals surface area contributed by atoms with Crippen molar-refractivity contribution in [1.82, 2.24) is 14.8 Å². The molecule has 21 heavy (non-hydrogen) atoms. The first-order chi connectivity index (χ1) is 9.64. The molecule has 0 atom stereocenters. The summed E-state index contributed by atoms with van der Waals surface area (Å²) in [5.41, 5.74) is 0.461. The normalized spacial score (nSPS) is 12.1. The summed E-state index contributed by atoms with van der Waals surface area (Å²) in [5.74, 6) is 0.351. The summed E-state index contributed by atoms with van der Waals surface area (Å²) in [6, 6.07) is 8.75. The number of rotatable bonds is 2. The van der Waals surface area contributed by atoms with Crippen molar-refractivity contribution in [3.05, 3.63) is 29.8 Å². The fourth-order valence-corrected chi connectivity index (χ4v) is 2.74. The van der Waals surface area contributed by atoms with E-state index in [9.17, 15) is 8.42 Å². The molecule has 0 fully saturated rings. The van der Waals surface area contributed by atoms with Crippen molar-refractivity contribution in [2.24, 2.45) is 5.14 Å². The van der Waals surface area contributed by atoms with Crippen molar-refractivity contribution in [2.75, 3.05) is 0 Å². The van der Waals surface area contributed by atoms with Gasteiger partial charge in [0.15, 0.2) is 5.82 Å². The fraction of sp³-hybridized carbons (Fsp3) is 0.308. The number of nitrogens with two attached hydrogens (primary N) is 1. The Kier molecular flexibility index (Phi) is 3.57. The second kappa shape index (κ2) is 4.95. The molecule has 0 amide bonds. The largest absolute Gasteiger partial charge is 0.291 e. The lowest BCUT2D eigenvalue weighted by molar-refractivity contribution is 0.366. The summed E-state index contributed by atoms with van der Waals surface area (Å²) < 4.78 is 24.8. The van der Waals surface area contributed by atoms with Crippen molar-refractivity contribution >= 4 is 10.0 Å². The van der Waals surface area contributed by atoms with Crippen LogP contribution in [0.4, 0.5) is 0 Å². The van der Waals surface area contributed by atoms with Crippen LogP contribution in [0.2, 0.25) is 0 Å². The maximum Gasteiger partial charge on any atom is 0.273 e. The first-order valence-corrected chi connectivity index (χ1v) is 7.68. The highest BCUT2D eigenvalue weighted by molar-refractivity contribution is 7.89. The van der Waals surface area contributed by atoms with E-state index in [1.165, 1.54) is 4.57 Å². The van der Waals surface area contributed by atoms with E-state index in [0.717, 1.165) is 0 Å². The minimum Gasteiger partial charge on any atom is -0.291 e. The van der Waals surface area contributed by atoms with Gasteiger partial charge in [0.1, 0.15) is 0 Å². The monoisotopic (exact) mass is 305 g/mol. The number of primary sulfonamides is 1. The zero-order valence-electron chi connectivity index (χ0n) is 11.9. The van der Waals surface area contributed by atoms with Gasteiger partial charge in [-0.1, -0.05) is 12.1 Å². The Bertz CT molecular complexity index is 825. The number of aromatic nitrogens is 3. The number of benzene rings is 1. The number of sulfonamides is 1. The van der Waals surface area contributed by atoms with Gasteiger partial charge in [0.05, 0.1) is 11.6 Å². The van der Waals surface area contributed by atoms with E-state index in [0.29, 0.717) is 17.0 Å². The third-order valence-corrected chi connectivity index (χ3v) is 3.58. The Morgan fingerprint density at radius 1 is 1.29 bits per heavy atom. The van der Waals surface area contributed by atoms with E-state index in [1.54, 1.807) is 24.3 Å². The van der Waals surface area contributed by atoms with Gasteiger partial charge in [-0.3, -0.25) is 4.57 Å². The van der Waals surface area contributed by atoms with Gasteiger partial charge in [-0.05, 0) is 32.9 Å². The second-order valence-electron chi connectivity index (χ2n) is 5.55. The average Bonchev–Trinajstić information content (AvgIpc) is 2.83. The quantitative estimate of drug-likeness (QED) is 0.895. The molecule has 0 aliphatic rings. The lowest BCUT2D eigenvalue weighted by Crippen LogP contribution is -2.29. The molecule has 0 aliphatic heterocycles. The molecule has 0 spiro atoms. The van der Waals surface area contributed by atoms with Crippen LogP contribution in [-0.4, -0.2) is 23.2 Å². The van der Waals surface area contributed by atoms with Gasteiger partial charge in [-0.15, -0.1) is 10.2 Å². The molecule has 2 aromatic rings. The van der Waals surface area contributed by atoms with Gasteiger partial charge in [-0.25, -0.2) is 13.6 Å². The van der Waals surface area contributed by atoms with Crippen LogP contribution in [0.25, 0.3) is 11.4 Å². The molecule has 1 aromatic carbocycles. The highest BCUT2D eigenvalue weighted by Crippen LogP contribution is 2.27. The number of nitriles is 1. The standard InChI is InChI=1S/C13H15N5O2S/c1-13(2,3)18-11(16-17-12(18)21(15,19)20)10-6-4-5-9(7-10)8-14/h4-7H,1-3H3,(H2,15,19,20).